The Balaban J connectivity index is 2.12. The summed E-state index contributed by atoms with van der Waals surface area (Å²) in [5.41, 5.74) is 0.411. The van der Waals surface area contributed by atoms with E-state index < -0.39 is 0 Å². The lowest BCUT2D eigenvalue weighted by atomic mass is 10.2. The molecular formula is C11H14N2O3. The monoisotopic (exact) mass is 222 g/mol. The Kier molecular flexibility index (Phi) is 3.05. The van der Waals surface area contributed by atoms with Gasteiger partial charge in [0.2, 0.25) is 0 Å². The Morgan fingerprint density at radius 1 is 1.62 bits per heavy atom. The molecule has 1 aliphatic rings. The largest absolute Gasteiger partial charge is 0.506 e. The van der Waals surface area contributed by atoms with Crippen LogP contribution in [-0.4, -0.2) is 46.7 Å². The van der Waals surface area contributed by atoms with Crippen molar-refractivity contribution in [2.75, 3.05) is 19.7 Å². The Bertz CT molecular complexity index is 395. The van der Waals surface area contributed by atoms with Crippen LogP contribution in [0.1, 0.15) is 17.3 Å². The van der Waals surface area contributed by atoms with Crippen molar-refractivity contribution in [2.24, 2.45) is 0 Å². The predicted molar refractivity (Wildman–Crippen MR) is 57.2 cm³/mol. The first-order chi connectivity index (χ1) is 7.66. The Hall–Kier alpha value is -1.62. The Morgan fingerprint density at radius 3 is 3.12 bits per heavy atom. The number of aromatic nitrogens is 1. The molecule has 2 rings (SSSR count). The molecule has 0 aromatic carbocycles. The van der Waals surface area contributed by atoms with Crippen molar-refractivity contribution in [2.45, 2.75) is 13.0 Å². The number of carbonyl (C=O) groups is 1. The van der Waals surface area contributed by atoms with E-state index in [1.807, 2.05) is 6.92 Å². The third-order valence-corrected chi connectivity index (χ3v) is 2.50. The highest BCUT2D eigenvalue weighted by atomic mass is 16.5. The molecule has 0 bridgehead atoms. The van der Waals surface area contributed by atoms with E-state index in [4.69, 9.17) is 4.74 Å². The molecule has 1 atom stereocenters. The molecule has 5 nitrogen and oxygen atoms in total. The molecule has 5 heteroatoms. The lowest BCUT2D eigenvalue weighted by Gasteiger charge is -2.31. The first kappa shape index (κ1) is 10.9. The van der Waals surface area contributed by atoms with Crippen LogP contribution in [0.4, 0.5) is 0 Å². The van der Waals surface area contributed by atoms with Crippen LogP contribution in [-0.2, 0) is 4.74 Å². The molecule has 1 aromatic rings. The summed E-state index contributed by atoms with van der Waals surface area (Å²) in [6, 6.07) is 1.43. The van der Waals surface area contributed by atoms with E-state index in [1.165, 1.54) is 18.5 Å². The van der Waals surface area contributed by atoms with E-state index in [9.17, 15) is 9.90 Å². The van der Waals surface area contributed by atoms with Crippen molar-refractivity contribution in [1.82, 2.24) is 9.88 Å². The average Bonchev–Trinajstić information content (AvgIpc) is 2.28. The van der Waals surface area contributed by atoms with Crippen LogP contribution in [0.25, 0.3) is 0 Å². The van der Waals surface area contributed by atoms with Gasteiger partial charge in [-0.1, -0.05) is 0 Å². The van der Waals surface area contributed by atoms with Gasteiger partial charge in [-0.25, -0.2) is 0 Å². The fourth-order valence-corrected chi connectivity index (χ4v) is 1.73. The number of amides is 1. The highest BCUT2D eigenvalue weighted by Crippen LogP contribution is 2.13. The number of ether oxygens (including phenoxy) is 1. The molecule has 0 radical (unpaired) electrons. The van der Waals surface area contributed by atoms with Crippen molar-refractivity contribution in [3.8, 4) is 5.75 Å². The number of hydrogen-bond donors (Lipinski definition) is 1. The quantitative estimate of drug-likeness (QED) is 0.757. The fourth-order valence-electron chi connectivity index (χ4n) is 1.73. The zero-order valence-corrected chi connectivity index (χ0v) is 9.09. The summed E-state index contributed by atoms with van der Waals surface area (Å²) in [7, 11) is 0. The second kappa shape index (κ2) is 4.49. The maximum absolute atomic E-state index is 12.0. The highest BCUT2D eigenvalue weighted by molar-refractivity contribution is 5.94. The number of morpholine rings is 1. The van der Waals surface area contributed by atoms with E-state index in [0.29, 0.717) is 25.3 Å². The summed E-state index contributed by atoms with van der Waals surface area (Å²) in [5, 5.41) is 9.25. The summed E-state index contributed by atoms with van der Waals surface area (Å²) in [6.45, 7) is 3.65. The van der Waals surface area contributed by atoms with Crippen LogP contribution in [0.5, 0.6) is 5.75 Å². The van der Waals surface area contributed by atoms with Gasteiger partial charge in [-0.15, -0.1) is 0 Å². The third-order valence-electron chi connectivity index (χ3n) is 2.50. The summed E-state index contributed by atoms with van der Waals surface area (Å²) < 4.78 is 5.36. The molecule has 86 valence electrons. The Morgan fingerprint density at radius 2 is 2.44 bits per heavy atom. The minimum absolute atomic E-state index is 0.00663. The van der Waals surface area contributed by atoms with Gasteiger partial charge >= 0.3 is 0 Å². The van der Waals surface area contributed by atoms with E-state index in [2.05, 4.69) is 4.98 Å². The van der Waals surface area contributed by atoms with Gasteiger partial charge in [-0.2, -0.15) is 0 Å². The van der Waals surface area contributed by atoms with Crippen LogP contribution in [0.2, 0.25) is 0 Å². The maximum atomic E-state index is 12.0. The minimum Gasteiger partial charge on any atom is -0.506 e. The second-order valence-electron chi connectivity index (χ2n) is 3.86. The standard InChI is InChI=1S/C11H14N2O3/c1-8-7-13(2-3-16-8)11(15)9-4-10(14)6-12-5-9/h4-6,8,14H,2-3,7H2,1H3. The number of rotatable bonds is 1. The van der Waals surface area contributed by atoms with Crippen molar-refractivity contribution >= 4 is 5.91 Å². The number of nitrogens with zero attached hydrogens (tertiary/aromatic N) is 2. The zero-order chi connectivity index (χ0) is 11.5. The van der Waals surface area contributed by atoms with Gasteiger partial charge in [0, 0.05) is 19.3 Å². The molecule has 2 heterocycles. The molecular weight excluding hydrogens is 208 g/mol. The van der Waals surface area contributed by atoms with Crippen LogP contribution in [0.3, 0.4) is 0 Å². The van der Waals surface area contributed by atoms with Gasteiger partial charge < -0.3 is 14.7 Å². The minimum atomic E-state index is -0.112. The summed E-state index contributed by atoms with van der Waals surface area (Å²) >= 11 is 0. The molecule has 0 aliphatic carbocycles. The normalized spacial score (nSPS) is 20.8. The average molecular weight is 222 g/mol. The predicted octanol–water partition coefficient (Wildman–Crippen LogP) is 0.648. The van der Waals surface area contributed by atoms with Crippen LogP contribution in [0.15, 0.2) is 18.5 Å². The molecule has 1 saturated heterocycles. The van der Waals surface area contributed by atoms with E-state index in [-0.39, 0.29) is 17.8 Å². The molecule has 0 saturated carbocycles. The SMILES string of the molecule is CC1CN(C(=O)c2cncc(O)c2)CCO1. The van der Waals surface area contributed by atoms with E-state index in [0.717, 1.165) is 0 Å². The van der Waals surface area contributed by atoms with E-state index >= 15 is 0 Å². The van der Waals surface area contributed by atoms with Crippen molar-refractivity contribution < 1.29 is 14.6 Å². The lowest BCUT2D eigenvalue weighted by molar-refractivity contribution is -0.0124. The van der Waals surface area contributed by atoms with Crippen LogP contribution in [0, 0.1) is 0 Å². The number of carbonyl (C=O) groups excluding carboxylic acids is 1. The molecule has 1 N–H and O–H groups in total. The van der Waals surface area contributed by atoms with Gasteiger partial charge in [0.25, 0.3) is 5.91 Å². The zero-order valence-electron chi connectivity index (χ0n) is 9.09. The lowest BCUT2D eigenvalue weighted by Crippen LogP contribution is -2.44. The topological polar surface area (TPSA) is 62.7 Å². The first-order valence-corrected chi connectivity index (χ1v) is 5.21. The Labute approximate surface area is 93.7 Å². The maximum Gasteiger partial charge on any atom is 0.255 e. The van der Waals surface area contributed by atoms with Gasteiger partial charge in [-0.05, 0) is 13.0 Å². The van der Waals surface area contributed by atoms with Crippen LogP contribution >= 0.6 is 0 Å². The number of hydrogen-bond acceptors (Lipinski definition) is 4. The summed E-state index contributed by atoms with van der Waals surface area (Å²) in [5.74, 6) is -0.106. The molecule has 1 aliphatic heterocycles. The van der Waals surface area contributed by atoms with Crippen LogP contribution < -0.4 is 0 Å². The van der Waals surface area contributed by atoms with Gasteiger partial charge in [0.1, 0.15) is 5.75 Å². The first-order valence-electron chi connectivity index (χ1n) is 5.21. The molecule has 0 spiro atoms. The fraction of sp³-hybridized carbons (Fsp3) is 0.455. The van der Waals surface area contributed by atoms with Crippen molar-refractivity contribution in [3.05, 3.63) is 24.0 Å². The van der Waals surface area contributed by atoms with Crippen molar-refractivity contribution in [3.63, 3.8) is 0 Å². The highest BCUT2D eigenvalue weighted by Gasteiger charge is 2.22. The summed E-state index contributed by atoms with van der Waals surface area (Å²) in [4.78, 5) is 17.5. The van der Waals surface area contributed by atoms with Crippen molar-refractivity contribution in [1.29, 1.82) is 0 Å². The molecule has 1 aromatic heterocycles. The molecule has 1 amide bonds. The summed E-state index contributed by atoms with van der Waals surface area (Å²) in [6.07, 6.45) is 2.82. The van der Waals surface area contributed by atoms with E-state index in [1.54, 1.807) is 4.90 Å². The molecule has 16 heavy (non-hydrogen) atoms. The molecule has 1 unspecified atom stereocenters. The van der Waals surface area contributed by atoms with Gasteiger partial charge in [0.15, 0.2) is 0 Å². The third kappa shape index (κ3) is 2.30. The number of pyridine rings is 1. The van der Waals surface area contributed by atoms with Gasteiger partial charge in [-0.3, -0.25) is 9.78 Å². The molecule has 1 fully saturated rings. The number of aromatic hydroxyl groups is 1. The second-order valence-corrected chi connectivity index (χ2v) is 3.86. The van der Waals surface area contributed by atoms with Gasteiger partial charge in [0.05, 0.1) is 24.5 Å². The smallest absolute Gasteiger partial charge is 0.255 e.